The second-order valence-electron chi connectivity index (χ2n) is 6.82. The summed E-state index contributed by atoms with van der Waals surface area (Å²) in [6.07, 6.45) is -3.30. The van der Waals surface area contributed by atoms with Crippen LogP contribution >= 0.6 is 11.6 Å². The number of aromatic nitrogens is 2. The summed E-state index contributed by atoms with van der Waals surface area (Å²) in [6.45, 7) is 3.34. The summed E-state index contributed by atoms with van der Waals surface area (Å²) >= 11 is 5.67. The Hall–Kier alpha value is -1.79. The number of aliphatic hydroxyl groups excluding tert-OH is 2. The number of nitrogens with two attached hydrogens (primary N) is 1. The highest BCUT2D eigenvalue weighted by Gasteiger charge is 2.63. The molecule has 1 aromatic heterocycles. The van der Waals surface area contributed by atoms with Crippen molar-refractivity contribution < 1.29 is 28.9 Å². The number of rotatable bonds is 5. The molecular weight excluding hydrogens is 389 g/mol. The van der Waals surface area contributed by atoms with E-state index in [1.54, 1.807) is 13.8 Å². The van der Waals surface area contributed by atoms with Crippen LogP contribution in [0.15, 0.2) is 15.8 Å². The van der Waals surface area contributed by atoms with Crippen LogP contribution in [-0.2, 0) is 20.0 Å². The first-order valence-electron chi connectivity index (χ1n) is 8.03. The van der Waals surface area contributed by atoms with Crippen molar-refractivity contribution >= 4 is 17.6 Å². The molecule has 2 rings (SSSR count). The summed E-state index contributed by atoms with van der Waals surface area (Å²) in [4.78, 5) is 37.1. The molecule has 5 N–H and O–H groups in total. The molecule has 1 saturated heterocycles. The number of carbonyl (C=O) groups is 1. The maximum Gasteiger partial charge on any atom is 0.330 e. The molecule has 0 spiro atoms. The zero-order chi connectivity index (χ0) is 20.7. The number of nitrogens with one attached hydrogen (secondary N) is 1. The zero-order valence-corrected chi connectivity index (χ0v) is 15.6. The highest BCUT2D eigenvalue weighted by molar-refractivity contribution is 6.30. The number of aromatic amines is 1. The number of alkyl halides is 1. The molecule has 152 valence electrons. The molecule has 5 atom stereocenters. The lowest BCUT2D eigenvalue weighted by Gasteiger charge is -2.30. The van der Waals surface area contributed by atoms with Gasteiger partial charge in [-0.2, -0.15) is 0 Å². The SMILES string of the molecule is CC(C)[C@H](N)C(=O)OC[C@@]1(F)O[C@@](C)(n2cc(Cl)c(=O)[nH]c2=O)[C@H](O)[C@@H]1O. The molecule has 1 fully saturated rings. The van der Waals surface area contributed by atoms with Gasteiger partial charge in [0.2, 0.25) is 0 Å². The number of nitrogens with zero attached hydrogens (tertiary/aromatic N) is 1. The zero-order valence-electron chi connectivity index (χ0n) is 14.8. The standard InChI is InChI=1S/C15H21ClFN3O7/c1-6(2)8(18)12(24)26-5-15(17)10(22)9(21)14(3,27-15)20-4-7(16)11(23)19-13(20)25/h4,6,8-10,21-22H,5,18H2,1-3H3,(H,19,23,25)/t8-,9+,10-,14+,15+/m0/s1. The Balaban J connectivity index is 2.31. The molecule has 1 aliphatic rings. The third-order valence-electron chi connectivity index (χ3n) is 4.44. The lowest BCUT2D eigenvalue weighted by Crippen LogP contribution is -2.49. The van der Waals surface area contributed by atoms with Gasteiger partial charge in [0.15, 0.2) is 12.3 Å². The Morgan fingerprint density at radius 1 is 1.48 bits per heavy atom. The molecule has 0 bridgehead atoms. The lowest BCUT2D eigenvalue weighted by molar-refractivity contribution is -0.245. The monoisotopic (exact) mass is 409 g/mol. The quantitative estimate of drug-likeness (QED) is 0.442. The molecule has 1 aliphatic heterocycles. The van der Waals surface area contributed by atoms with Crippen molar-refractivity contribution in [3.05, 3.63) is 32.1 Å². The minimum absolute atomic E-state index is 0.278. The fraction of sp³-hybridized carbons (Fsp3) is 0.667. The van der Waals surface area contributed by atoms with Gasteiger partial charge in [-0.25, -0.2) is 9.18 Å². The first-order chi connectivity index (χ1) is 12.3. The van der Waals surface area contributed by atoms with Crippen LogP contribution in [0.2, 0.25) is 5.02 Å². The van der Waals surface area contributed by atoms with E-state index in [0.29, 0.717) is 4.57 Å². The van der Waals surface area contributed by atoms with E-state index in [9.17, 15) is 24.6 Å². The second kappa shape index (κ2) is 7.32. The highest BCUT2D eigenvalue weighted by atomic mass is 35.5. The molecule has 0 unspecified atom stereocenters. The lowest BCUT2D eigenvalue weighted by atomic mass is 10.0. The summed E-state index contributed by atoms with van der Waals surface area (Å²) in [5.41, 5.74) is 1.51. The molecule has 0 saturated carbocycles. The van der Waals surface area contributed by atoms with Gasteiger partial charge in [-0.1, -0.05) is 25.4 Å². The van der Waals surface area contributed by atoms with Crippen molar-refractivity contribution in [2.75, 3.05) is 6.61 Å². The van der Waals surface area contributed by atoms with Crippen molar-refractivity contribution in [1.82, 2.24) is 9.55 Å². The third-order valence-corrected chi connectivity index (χ3v) is 4.71. The molecule has 10 nitrogen and oxygen atoms in total. The maximum atomic E-state index is 15.1. The smallest absolute Gasteiger partial charge is 0.330 e. The van der Waals surface area contributed by atoms with Gasteiger partial charge in [0.05, 0.1) is 0 Å². The average molecular weight is 410 g/mol. The van der Waals surface area contributed by atoms with Crippen LogP contribution in [-0.4, -0.2) is 56.4 Å². The van der Waals surface area contributed by atoms with Gasteiger partial charge < -0.3 is 25.4 Å². The number of aliphatic hydroxyl groups is 2. The summed E-state index contributed by atoms with van der Waals surface area (Å²) in [5, 5.41) is 20.0. The van der Waals surface area contributed by atoms with Gasteiger partial charge in [0.1, 0.15) is 23.3 Å². The number of H-pyrrole nitrogens is 1. The Kier molecular flexibility index (Phi) is 5.83. The summed E-state index contributed by atoms with van der Waals surface area (Å²) in [6, 6.07) is -1.02. The molecule has 12 heteroatoms. The molecule has 0 amide bonds. The van der Waals surface area contributed by atoms with Gasteiger partial charge in [-0.3, -0.25) is 19.1 Å². The fourth-order valence-electron chi connectivity index (χ4n) is 2.61. The first-order valence-corrected chi connectivity index (χ1v) is 8.40. The summed E-state index contributed by atoms with van der Waals surface area (Å²) < 4.78 is 25.6. The van der Waals surface area contributed by atoms with Crippen LogP contribution in [0.25, 0.3) is 0 Å². The predicted molar refractivity (Wildman–Crippen MR) is 90.7 cm³/mol. The fourth-order valence-corrected chi connectivity index (χ4v) is 2.76. The van der Waals surface area contributed by atoms with E-state index in [4.69, 9.17) is 26.8 Å². The van der Waals surface area contributed by atoms with Crippen LogP contribution in [0.4, 0.5) is 4.39 Å². The second-order valence-corrected chi connectivity index (χ2v) is 7.22. The number of carbonyl (C=O) groups excluding carboxylic acids is 1. The van der Waals surface area contributed by atoms with Gasteiger partial charge in [-0.15, -0.1) is 0 Å². The van der Waals surface area contributed by atoms with Gasteiger partial charge in [0, 0.05) is 6.20 Å². The van der Waals surface area contributed by atoms with Crippen LogP contribution in [0.5, 0.6) is 0 Å². The van der Waals surface area contributed by atoms with Gasteiger partial charge >= 0.3 is 11.7 Å². The summed E-state index contributed by atoms with van der Waals surface area (Å²) in [5.74, 6) is -4.24. The van der Waals surface area contributed by atoms with E-state index in [2.05, 4.69) is 0 Å². The minimum atomic E-state index is -3.04. The van der Waals surface area contributed by atoms with Crippen LogP contribution < -0.4 is 17.0 Å². The largest absolute Gasteiger partial charge is 0.458 e. The molecule has 27 heavy (non-hydrogen) atoms. The van der Waals surface area contributed by atoms with Crippen molar-refractivity contribution in [3.8, 4) is 0 Å². The molecule has 2 heterocycles. The third kappa shape index (κ3) is 3.78. The normalized spacial score (nSPS) is 31.9. The van der Waals surface area contributed by atoms with Crippen LogP contribution in [0.3, 0.4) is 0 Å². The van der Waals surface area contributed by atoms with E-state index in [1.165, 1.54) is 0 Å². The number of esters is 1. The number of hydrogen-bond donors (Lipinski definition) is 4. The number of hydrogen-bond acceptors (Lipinski definition) is 8. The maximum absolute atomic E-state index is 15.1. The Morgan fingerprint density at radius 3 is 2.63 bits per heavy atom. The van der Waals surface area contributed by atoms with Crippen LogP contribution in [0, 0.1) is 5.92 Å². The molecule has 0 aliphatic carbocycles. The van der Waals surface area contributed by atoms with Crippen LogP contribution in [0.1, 0.15) is 20.8 Å². The van der Waals surface area contributed by atoms with E-state index in [0.717, 1.165) is 13.1 Å². The Morgan fingerprint density at radius 2 is 2.07 bits per heavy atom. The van der Waals surface area contributed by atoms with E-state index in [1.807, 2.05) is 4.98 Å². The Labute approximate surface area is 157 Å². The minimum Gasteiger partial charge on any atom is -0.458 e. The van der Waals surface area contributed by atoms with Crippen molar-refractivity contribution in [2.45, 2.75) is 50.6 Å². The Bertz CT molecular complexity index is 843. The topological polar surface area (TPSA) is 157 Å². The highest BCUT2D eigenvalue weighted by Crippen LogP contribution is 2.42. The van der Waals surface area contributed by atoms with E-state index < -0.39 is 58.7 Å². The predicted octanol–water partition coefficient (Wildman–Crippen LogP) is -1.19. The van der Waals surface area contributed by atoms with Crippen molar-refractivity contribution in [1.29, 1.82) is 0 Å². The first kappa shape index (κ1) is 21.5. The van der Waals surface area contributed by atoms with Gasteiger partial charge in [0.25, 0.3) is 11.4 Å². The van der Waals surface area contributed by atoms with Crippen molar-refractivity contribution in [2.24, 2.45) is 11.7 Å². The average Bonchev–Trinajstić information content (AvgIpc) is 2.76. The van der Waals surface area contributed by atoms with Crippen molar-refractivity contribution in [3.63, 3.8) is 0 Å². The van der Waals surface area contributed by atoms with E-state index >= 15 is 4.39 Å². The number of halogens is 2. The molecule has 1 aromatic rings. The van der Waals surface area contributed by atoms with Gasteiger partial charge in [-0.05, 0) is 12.8 Å². The molecule has 0 aromatic carbocycles. The number of ether oxygens (including phenoxy) is 2. The summed E-state index contributed by atoms with van der Waals surface area (Å²) in [7, 11) is 0. The molecular formula is C15H21ClFN3O7. The molecule has 0 radical (unpaired) electrons. The van der Waals surface area contributed by atoms with E-state index in [-0.39, 0.29) is 5.92 Å².